The summed E-state index contributed by atoms with van der Waals surface area (Å²) in [5.41, 5.74) is 1.88. The monoisotopic (exact) mass is 426 g/mol. The smallest absolute Gasteiger partial charge is 0.253 e. The van der Waals surface area contributed by atoms with Crippen molar-refractivity contribution in [2.75, 3.05) is 31.1 Å². The maximum atomic E-state index is 12.5. The first-order chi connectivity index (χ1) is 10.6. The van der Waals surface area contributed by atoms with Crippen LogP contribution in [0.4, 0.5) is 5.69 Å². The van der Waals surface area contributed by atoms with Gasteiger partial charge in [0, 0.05) is 46.0 Å². The van der Waals surface area contributed by atoms with Gasteiger partial charge in [0.05, 0.1) is 0 Å². The summed E-state index contributed by atoms with van der Waals surface area (Å²) in [7, 11) is 0. The first-order valence-corrected chi connectivity index (χ1v) is 8.64. The molecule has 3 rings (SSSR count). The van der Waals surface area contributed by atoms with Crippen LogP contribution in [0.2, 0.25) is 5.02 Å². The zero-order valence-corrected chi connectivity index (χ0v) is 14.9. The topological polar surface area (TPSA) is 23.6 Å². The summed E-state index contributed by atoms with van der Waals surface area (Å²) < 4.78 is 1.14. The Bertz CT molecular complexity index is 667. The van der Waals surface area contributed by atoms with Crippen LogP contribution < -0.4 is 4.90 Å². The second-order valence-electron chi connectivity index (χ2n) is 5.27. The molecule has 2 aromatic carbocycles. The van der Waals surface area contributed by atoms with Gasteiger partial charge in [-0.05, 0) is 65.1 Å². The van der Waals surface area contributed by atoms with Gasteiger partial charge in [-0.15, -0.1) is 0 Å². The first-order valence-electron chi connectivity index (χ1n) is 7.19. The number of nitrogens with zero attached hydrogens (tertiary/aromatic N) is 2. The van der Waals surface area contributed by atoms with Gasteiger partial charge in [0.2, 0.25) is 0 Å². The van der Waals surface area contributed by atoms with Crippen LogP contribution in [0, 0.1) is 3.57 Å². The average molecular weight is 427 g/mol. The summed E-state index contributed by atoms with van der Waals surface area (Å²) in [5.74, 6) is 0.113. The van der Waals surface area contributed by atoms with Gasteiger partial charge < -0.3 is 9.80 Å². The molecule has 1 fully saturated rings. The lowest BCUT2D eigenvalue weighted by molar-refractivity contribution is 0.0747. The lowest BCUT2D eigenvalue weighted by atomic mass is 10.1. The number of anilines is 1. The second-order valence-corrected chi connectivity index (χ2v) is 6.95. The Hall–Kier alpha value is -1.27. The van der Waals surface area contributed by atoms with E-state index in [1.54, 1.807) is 0 Å². The van der Waals surface area contributed by atoms with E-state index < -0.39 is 0 Å². The second kappa shape index (κ2) is 6.87. The Balaban J connectivity index is 1.64. The molecule has 0 atom stereocenters. The molecule has 2 aromatic rings. The minimum Gasteiger partial charge on any atom is -0.368 e. The highest BCUT2D eigenvalue weighted by Crippen LogP contribution is 2.21. The number of amides is 1. The van der Waals surface area contributed by atoms with Crippen LogP contribution in [-0.4, -0.2) is 37.0 Å². The zero-order chi connectivity index (χ0) is 15.5. The van der Waals surface area contributed by atoms with Gasteiger partial charge in [-0.2, -0.15) is 0 Å². The molecule has 1 aliphatic rings. The fourth-order valence-electron chi connectivity index (χ4n) is 2.62. The number of rotatable bonds is 2. The minimum atomic E-state index is 0.113. The predicted octanol–water partition coefficient (Wildman–Crippen LogP) is 3.91. The summed E-state index contributed by atoms with van der Waals surface area (Å²) in [6.45, 7) is 3.13. The third-order valence-corrected chi connectivity index (χ3v) is 4.79. The van der Waals surface area contributed by atoms with Crippen molar-refractivity contribution in [1.82, 2.24) is 4.90 Å². The van der Waals surface area contributed by atoms with Crippen LogP contribution in [0.3, 0.4) is 0 Å². The van der Waals surface area contributed by atoms with E-state index in [1.807, 2.05) is 47.4 Å². The molecule has 1 amide bonds. The SMILES string of the molecule is O=C(c1ccc(I)cc1)N1CCN(c2cccc(Cl)c2)CC1. The Kier molecular flexibility index (Phi) is 4.88. The third kappa shape index (κ3) is 3.55. The number of benzene rings is 2. The number of hydrogen-bond acceptors (Lipinski definition) is 2. The van der Waals surface area contributed by atoms with Gasteiger partial charge in [-0.25, -0.2) is 0 Å². The summed E-state index contributed by atoms with van der Waals surface area (Å²) in [6, 6.07) is 15.6. The Morgan fingerprint density at radius 1 is 1.00 bits per heavy atom. The lowest BCUT2D eigenvalue weighted by Gasteiger charge is -2.36. The Morgan fingerprint density at radius 2 is 1.68 bits per heavy atom. The van der Waals surface area contributed by atoms with Crippen molar-refractivity contribution in [3.63, 3.8) is 0 Å². The molecule has 1 heterocycles. The average Bonchev–Trinajstić information content (AvgIpc) is 2.55. The van der Waals surface area contributed by atoms with Gasteiger partial charge in [0.15, 0.2) is 0 Å². The van der Waals surface area contributed by atoms with Gasteiger partial charge in [0.25, 0.3) is 5.91 Å². The molecular weight excluding hydrogens is 411 g/mol. The van der Waals surface area contributed by atoms with Gasteiger partial charge in [0.1, 0.15) is 0 Å². The Morgan fingerprint density at radius 3 is 2.32 bits per heavy atom. The standard InChI is InChI=1S/C17H16ClIN2O/c18-14-2-1-3-16(12-14)20-8-10-21(11-9-20)17(22)13-4-6-15(19)7-5-13/h1-7,12H,8-11H2. The largest absolute Gasteiger partial charge is 0.368 e. The van der Waals surface area contributed by atoms with Crippen LogP contribution in [-0.2, 0) is 0 Å². The molecular formula is C17H16ClIN2O. The van der Waals surface area contributed by atoms with E-state index in [2.05, 4.69) is 33.6 Å². The van der Waals surface area contributed by atoms with Crippen molar-refractivity contribution in [2.24, 2.45) is 0 Å². The number of carbonyl (C=O) groups is 1. The lowest BCUT2D eigenvalue weighted by Crippen LogP contribution is -2.48. The van der Waals surface area contributed by atoms with Gasteiger partial charge in [-0.3, -0.25) is 4.79 Å². The zero-order valence-electron chi connectivity index (χ0n) is 12.0. The molecule has 5 heteroatoms. The van der Waals surface area contributed by atoms with Crippen LogP contribution in [0.25, 0.3) is 0 Å². The quantitative estimate of drug-likeness (QED) is 0.680. The molecule has 0 aliphatic carbocycles. The van der Waals surface area contributed by atoms with Crippen molar-refractivity contribution in [3.8, 4) is 0 Å². The summed E-state index contributed by atoms with van der Waals surface area (Å²) in [5, 5.41) is 0.745. The van der Waals surface area contributed by atoms with Crippen molar-refractivity contribution in [3.05, 3.63) is 62.7 Å². The van der Waals surface area contributed by atoms with Crippen LogP contribution in [0.15, 0.2) is 48.5 Å². The molecule has 1 aliphatic heterocycles. The van der Waals surface area contributed by atoms with E-state index in [0.29, 0.717) is 0 Å². The molecule has 0 saturated carbocycles. The van der Waals surface area contributed by atoms with Gasteiger partial charge in [-0.1, -0.05) is 17.7 Å². The summed E-state index contributed by atoms with van der Waals surface area (Å²) >= 11 is 8.29. The molecule has 0 unspecified atom stereocenters. The van der Waals surface area contributed by atoms with E-state index >= 15 is 0 Å². The molecule has 0 aromatic heterocycles. The highest BCUT2D eigenvalue weighted by atomic mass is 127. The number of carbonyl (C=O) groups excluding carboxylic acids is 1. The van der Waals surface area contributed by atoms with E-state index in [-0.39, 0.29) is 5.91 Å². The van der Waals surface area contributed by atoms with E-state index in [9.17, 15) is 4.79 Å². The van der Waals surface area contributed by atoms with Crippen LogP contribution >= 0.6 is 34.2 Å². The molecule has 22 heavy (non-hydrogen) atoms. The molecule has 0 N–H and O–H groups in total. The minimum absolute atomic E-state index is 0.113. The highest BCUT2D eigenvalue weighted by molar-refractivity contribution is 14.1. The number of piperazine rings is 1. The van der Waals surface area contributed by atoms with E-state index in [0.717, 1.165) is 46.0 Å². The first kappa shape index (κ1) is 15.6. The van der Waals surface area contributed by atoms with E-state index in [1.165, 1.54) is 0 Å². The number of halogens is 2. The maximum Gasteiger partial charge on any atom is 0.253 e. The molecule has 0 bridgehead atoms. The third-order valence-electron chi connectivity index (χ3n) is 3.83. The summed E-state index contributed by atoms with van der Waals surface area (Å²) in [6.07, 6.45) is 0. The van der Waals surface area contributed by atoms with Crippen molar-refractivity contribution in [1.29, 1.82) is 0 Å². The molecule has 0 radical (unpaired) electrons. The fourth-order valence-corrected chi connectivity index (χ4v) is 3.16. The molecule has 0 spiro atoms. The summed E-state index contributed by atoms with van der Waals surface area (Å²) in [4.78, 5) is 16.7. The molecule has 114 valence electrons. The van der Waals surface area contributed by atoms with Crippen LogP contribution in [0.1, 0.15) is 10.4 Å². The van der Waals surface area contributed by atoms with Crippen molar-refractivity contribution < 1.29 is 4.79 Å². The van der Waals surface area contributed by atoms with Crippen molar-refractivity contribution in [2.45, 2.75) is 0 Å². The van der Waals surface area contributed by atoms with Crippen LogP contribution in [0.5, 0.6) is 0 Å². The normalized spacial score (nSPS) is 15.0. The van der Waals surface area contributed by atoms with Crippen molar-refractivity contribution >= 4 is 45.8 Å². The highest BCUT2D eigenvalue weighted by Gasteiger charge is 2.22. The predicted molar refractivity (Wildman–Crippen MR) is 98.7 cm³/mol. The molecule has 3 nitrogen and oxygen atoms in total. The maximum absolute atomic E-state index is 12.5. The fraction of sp³-hybridized carbons (Fsp3) is 0.235. The Labute approximate surface area is 149 Å². The number of hydrogen-bond donors (Lipinski definition) is 0. The van der Waals surface area contributed by atoms with Gasteiger partial charge >= 0.3 is 0 Å². The van der Waals surface area contributed by atoms with E-state index in [4.69, 9.17) is 11.6 Å². The molecule has 1 saturated heterocycles.